The largest absolute Gasteiger partial charge is 0.372 e. The number of quaternary nitrogens is 1. The average Bonchev–Trinajstić information content (AvgIpc) is 2.58. The minimum absolute atomic E-state index is 0.568. The summed E-state index contributed by atoms with van der Waals surface area (Å²) in [5, 5.41) is 2.56. The van der Waals surface area contributed by atoms with Gasteiger partial charge in [-0.2, -0.15) is 0 Å². The molecule has 0 aromatic rings. The first kappa shape index (κ1) is 10.4. The van der Waals surface area contributed by atoms with Crippen LogP contribution in [0.2, 0.25) is 0 Å². The predicted octanol–water partition coefficient (Wildman–Crippen LogP) is 1.45. The van der Waals surface area contributed by atoms with Gasteiger partial charge in [-0.25, -0.2) is 0 Å². The van der Waals surface area contributed by atoms with Crippen molar-refractivity contribution in [3.8, 4) is 0 Å². The van der Waals surface area contributed by atoms with Crippen molar-refractivity contribution in [2.75, 3.05) is 13.2 Å². The Balaban J connectivity index is 1.62. The van der Waals surface area contributed by atoms with E-state index in [0.717, 1.165) is 12.6 Å². The maximum Gasteiger partial charge on any atom is 0.106 e. The van der Waals surface area contributed by atoms with Gasteiger partial charge in [-0.05, 0) is 38.5 Å². The van der Waals surface area contributed by atoms with E-state index in [1.54, 1.807) is 0 Å². The SMILES string of the molecule is C1CCCC([NH2+]C[C@@H]2CCCO2)CC1. The molecule has 0 amide bonds. The van der Waals surface area contributed by atoms with Crippen LogP contribution in [0.25, 0.3) is 0 Å². The molecule has 0 radical (unpaired) electrons. The van der Waals surface area contributed by atoms with Crippen LogP contribution < -0.4 is 5.32 Å². The van der Waals surface area contributed by atoms with E-state index in [9.17, 15) is 0 Å². The van der Waals surface area contributed by atoms with Gasteiger partial charge >= 0.3 is 0 Å². The molecule has 0 aromatic carbocycles. The summed E-state index contributed by atoms with van der Waals surface area (Å²) in [6, 6.07) is 0.904. The molecular weight excluding hydrogens is 174 g/mol. The standard InChI is InChI=1S/C12H23NO/c1-2-4-7-11(6-3-1)13-10-12-8-5-9-14-12/h11-13H,1-10H2/p+1/t12-/m0/s1. The Bertz CT molecular complexity index is 146. The summed E-state index contributed by atoms with van der Waals surface area (Å²) in [4.78, 5) is 0. The fraction of sp³-hybridized carbons (Fsp3) is 1.00. The average molecular weight is 198 g/mol. The molecule has 2 fully saturated rings. The van der Waals surface area contributed by atoms with Gasteiger partial charge in [0.15, 0.2) is 0 Å². The van der Waals surface area contributed by atoms with Crippen molar-refractivity contribution in [2.24, 2.45) is 0 Å². The van der Waals surface area contributed by atoms with Crippen LogP contribution in [-0.4, -0.2) is 25.3 Å². The van der Waals surface area contributed by atoms with Crippen LogP contribution in [0.15, 0.2) is 0 Å². The molecule has 82 valence electrons. The summed E-state index contributed by atoms with van der Waals surface area (Å²) < 4.78 is 5.64. The summed E-state index contributed by atoms with van der Waals surface area (Å²) in [6.07, 6.45) is 11.8. The lowest BCUT2D eigenvalue weighted by Crippen LogP contribution is -2.91. The molecule has 1 heterocycles. The van der Waals surface area contributed by atoms with Crippen LogP contribution in [0.4, 0.5) is 0 Å². The Morgan fingerprint density at radius 3 is 2.36 bits per heavy atom. The van der Waals surface area contributed by atoms with E-state index in [4.69, 9.17) is 4.74 Å². The molecule has 1 saturated heterocycles. The zero-order valence-corrected chi connectivity index (χ0v) is 9.21. The van der Waals surface area contributed by atoms with Gasteiger partial charge in [-0.3, -0.25) is 0 Å². The monoisotopic (exact) mass is 198 g/mol. The maximum absolute atomic E-state index is 5.64. The van der Waals surface area contributed by atoms with Gasteiger partial charge in [-0.1, -0.05) is 12.8 Å². The fourth-order valence-electron chi connectivity index (χ4n) is 2.72. The van der Waals surface area contributed by atoms with E-state index in [0.29, 0.717) is 6.10 Å². The van der Waals surface area contributed by atoms with Crippen LogP contribution in [0.5, 0.6) is 0 Å². The second-order valence-electron chi connectivity index (χ2n) is 4.86. The van der Waals surface area contributed by atoms with E-state index >= 15 is 0 Å². The highest BCUT2D eigenvalue weighted by atomic mass is 16.5. The summed E-state index contributed by atoms with van der Waals surface area (Å²) in [7, 11) is 0. The van der Waals surface area contributed by atoms with Crippen molar-refractivity contribution in [1.29, 1.82) is 0 Å². The molecule has 0 unspecified atom stereocenters. The molecule has 0 spiro atoms. The van der Waals surface area contributed by atoms with E-state index in [-0.39, 0.29) is 0 Å². The third-order valence-corrected chi connectivity index (χ3v) is 3.66. The van der Waals surface area contributed by atoms with Gasteiger partial charge in [0.1, 0.15) is 12.6 Å². The summed E-state index contributed by atoms with van der Waals surface area (Å²) in [5.41, 5.74) is 0. The van der Waals surface area contributed by atoms with Crippen molar-refractivity contribution in [3.05, 3.63) is 0 Å². The lowest BCUT2D eigenvalue weighted by molar-refractivity contribution is -0.695. The topological polar surface area (TPSA) is 25.8 Å². The Labute approximate surface area is 87.4 Å². The molecule has 1 saturated carbocycles. The highest BCUT2D eigenvalue weighted by molar-refractivity contribution is 4.65. The van der Waals surface area contributed by atoms with E-state index in [1.165, 1.54) is 57.9 Å². The molecule has 2 aliphatic rings. The van der Waals surface area contributed by atoms with Crippen LogP contribution in [0.3, 0.4) is 0 Å². The first-order valence-corrected chi connectivity index (χ1v) is 6.40. The Hall–Kier alpha value is -0.0800. The van der Waals surface area contributed by atoms with Gasteiger partial charge in [0, 0.05) is 6.61 Å². The number of ether oxygens (including phenoxy) is 1. The minimum Gasteiger partial charge on any atom is -0.372 e. The molecule has 0 bridgehead atoms. The van der Waals surface area contributed by atoms with Crippen molar-refractivity contribution in [2.45, 2.75) is 63.5 Å². The third kappa shape index (κ3) is 3.25. The van der Waals surface area contributed by atoms with E-state index in [2.05, 4.69) is 5.32 Å². The van der Waals surface area contributed by atoms with E-state index < -0.39 is 0 Å². The van der Waals surface area contributed by atoms with Gasteiger partial charge in [0.25, 0.3) is 0 Å². The zero-order chi connectivity index (χ0) is 9.64. The van der Waals surface area contributed by atoms with Gasteiger partial charge in [0.2, 0.25) is 0 Å². The Morgan fingerprint density at radius 2 is 1.71 bits per heavy atom. The van der Waals surface area contributed by atoms with Gasteiger partial charge in [-0.15, -0.1) is 0 Å². The fourth-order valence-corrected chi connectivity index (χ4v) is 2.72. The highest BCUT2D eigenvalue weighted by Crippen LogP contribution is 2.15. The second-order valence-corrected chi connectivity index (χ2v) is 4.86. The van der Waals surface area contributed by atoms with Crippen LogP contribution in [0, 0.1) is 0 Å². The molecule has 14 heavy (non-hydrogen) atoms. The summed E-state index contributed by atoms with van der Waals surface area (Å²) >= 11 is 0. The van der Waals surface area contributed by atoms with Crippen molar-refractivity contribution in [1.82, 2.24) is 0 Å². The molecule has 2 rings (SSSR count). The predicted molar refractivity (Wildman–Crippen MR) is 57.3 cm³/mol. The first-order valence-electron chi connectivity index (χ1n) is 6.40. The molecule has 1 aliphatic carbocycles. The molecular formula is C12H24NO+. The zero-order valence-electron chi connectivity index (χ0n) is 9.21. The number of hydrogen-bond donors (Lipinski definition) is 1. The molecule has 2 nitrogen and oxygen atoms in total. The number of hydrogen-bond acceptors (Lipinski definition) is 1. The smallest absolute Gasteiger partial charge is 0.106 e. The molecule has 2 N–H and O–H groups in total. The van der Waals surface area contributed by atoms with Crippen LogP contribution in [-0.2, 0) is 4.74 Å². The number of rotatable bonds is 3. The summed E-state index contributed by atoms with van der Waals surface area (Å²) in [6.45, 7) is 2.22. The maximum atomic E-state index is 5.64. The van der Waals surface area contributed by atoms with Crippen LogP contribution >= 0.6 is 0 Å². The van der Waals surface area contributed by atoms with E-state index in [1.807, 2.05) is 0 Å². The lowest BCUT2D eigenvalue weighted by atomic mass is 10.1. The lowest BCUT2D eigenvalue weighted by Gasteiger charge is -2.15. The second kappa shape index (κ2) is 5.72. The van der Waals surface area contributed by atoms with Crippen molar-refractivity contribution in [3.63, 3.8) is 0 Å². The molecule has 1 aliphatic heterocycles. The normalized spacial score (nSPS) is 30.4. The van der Waals surface area contributed by atoms with Crippen molar-refractivity contribution < 1.29 is 10.1 Å². The Kier molecular flexibility index (Phi) is 4.26. The quantitative estimate of drug-likeness (QED) is 0.682. The highest BCUT2D eigenvalue weighted by Gasteiger charge is 2.20. The van der Waals surface area contributed by atoms with Gasteiger partial charge in [0.05, 0.1) is 6.04 Å². The third-order valence-electron chi connectivity index (χ3n) is 3.66. The number of nitrogens with two attached hydrogens (primary N) is 1. The first-order chi connectivity index (χ1) is 6.95. The molecule has 2 heteroatoms. The Morgan fingerprint density at radius 1 is 0.929 bits per heavy atom. The molecule has 1 atom stereocenters. The van der Waals surface area contributed by atoms with Crippen molar-refractivity contribution >= 4 is 0 Å². The van der Waals surface area contributed by atoms with Crippen LogP contribution in [0.1, 0.15) is 51.4 Å². The minimum atomic E-state index is 0.568. The van der Waals surface area contributed by atoms with Gasteiger partial charge < -0.3 is 10.1 Å². The molecule has 0 aromatic heterocycles. The summed E-state index contributed by atoms with van der Waals surface area (Å²) in [5.74, 6) is 0.